The van der Waals surface area contributed by atoms with E-state index in [2.05, 4.69) is 4.98 Å². The smallest absolute Gasteiger partial charge is 0.342 e. The minimum absolute atomic E-state index is 0.427. The van der Waals surface area contributed by atoms with Crippen molar-refractivity contribution in [3.05, 3.63) is 82.4 Å². The van der Waals surface area contributed by atoms with E-state index in [-0.39, 0.29) is 0 Å². The van der Waals surface area contributed by atoms with E-state index in [1.807, 2.05) is 36.4 Å². The molecule has 5 nitrogen and oxygen atoms in total. The Balaban J connectivity index is 1.42. The molecule has 0 spiro atoms. The standard InChI is InChI=1S/C23H16ClNO4/c1-12(21(26)28-23-17-5-3-2-4-16(17)22(27)29-23)13-6-8-15-18-11-14(24)7-9-19(18)25-20(15)10-13/h2-12,23,25H,1H3. The summed E-state index contributed by atoms with van der Waals surface area (Å²) in [5, 5.41) is 2.74. The average molecular weight is 406 g/mol. The van der Waals surface area contributed by atoms with Gasteiger partial charge in [-0.15, -0.1) is 0 Å². The fourth-order valence-electron chi connectivity index (χ4n) is 3.71. The monoisotopic (exact) mass is 405 g/mol. The molecule has 6 heteroatoms. The molecule has 2 unspecified atom stereocenters. The number of halogens is 1. The second-order valence-corrected chi connectivity index (χ2v) is 7.54. The van der Waals surface area contributed by atoms with Crippen LogP contribution in [0.15, 0.2) is 60.7 Å². The van der Waals surface area contributed by atoms with Crippen LogP contribution < -0.4 is 0 Å². The summed E-state index contributed by atoms with van der Waals surface area (Å²) in [7, 11) is 0. The van der Waals surface area contributed by atoms with Crippen molar-refractivity contribution in [2.24, 2.45) is 0 Å². The molecule has 1 N–H and O–H groups in total. The first-order chi connectivity index (χ1) is 14.0. The normalized spacial score (nSPS) is 16.6. The highest BCUT2D eigenvalue weighted by atomic mass is 35.5. The number of esters is 2. The Morgan fingerprint density at radius 3 is 2.76 bits per heavy atom. The number of cyclic esters (lactones) is 1. The zero-order valence-electron chi connectivity index (χ0n) is 15.4. The summed E-state index contributed by atoms with van der Waals surface area (Å²) in [5.41, 5.74) is 3.69. The van der Waals surface area contributed by atoms with E-state index in [9.17, 15) is 9.59 Å². The van der Waals surface area contributed by atoms with Crippen LogP contribution in [-0.2, 0) is 14.3 Å². The highest BCUT2D eigenvalue weighted by Gasteiger charge is 2.34. The number of ether oxygens (including phenoxy) is 2. The Kier molecular flexibility index (Phi) is 4.07. The zero-order chi connectivity index (χ0) is 20.1. The first kappa shape index (κ1) is 17.8. The van der Waals surface area contributed by atoms with Gasteiger partial charge >= 0.3 is 11.9 Å². The van der Waals surface area contributed by atoms with Gasteiger partial charge in [-0.2, -0.15) is 0 Å². The number of aromatic nitrogens is 1. The lowest BCUT2D eigenvalue weighted by atomic mass is 9.99. The summed E-state index contributed by atoms with van der Waals surface area (Å²) >= 11 is 6.12. The average Bonchev–Trinajstić information content (AvgIpc) is 3.24. The van der Waals surface area contributed by atoms with Gasteiger partial charge in [-0.1, -0.05) is 41.9 Å². The molecule has 0 saturated carbocycles. The number of fused-ring (bicyclic) bond motifs is 4. The lowest BCUT2D eigenvalue weighted by Gasteiger charge is -2.16. The molecule has 0 bridgehead atoms. The lowest BCUT2D eigenvalue weighted by Crippen LogP contribution is -2.17. The second-order valence-electron chi connectivity index (χ2n) is 7.10. The van der Waals surface area contributed by atoms with E-state index in [0.29, 0.717) is 16.1 Å². The van der Waals surface area contributed by atoms with E-state index < -0.39 is 24.1 Å². The maximum atomic E-state index is 12.7. The van der Waals surface area contributed by atoms with Gasteiger partial charge in [0.25, 0.3) is 6.29 Å². The Morgan fingerprint density at radius 1 is 1.07 bits per heavy atom. The van der Waals surface area contributed by atoms with Gasteiger partial charge in [0, 0.05) is 32.4 Å². The maximum Gasteiger partial charge on any atom is 0.342 e. The van der Waals surface area contributed by atoms with Crippen molar-refractivity contribution < 1.29 is 19.1 Å². The third-order valence-corrected chi connectivity index (χ3v) is 5.55. The minimum Gasteiger partial charge on any atom is -0.420 e. The highest BCUT2D eigenvalue weighted by Crippen LogP contribution is 2.34. The zero-order valence-corrected chi connectivity index (χ0v) is 16.2. The van der Waals surface area contributed by atoms with Crippen molar-refractivity contribution in [1.29, 1.82) is 0 Å². The van der Waals surface area contributed by atoms with Gasteiger partial charge in [0.2, 0.25) is 0 Å². The van der Waals surface area contributed by atoms with Crippen molar-refractivity contribution in [3.8, 4) is 0 Å². The van der Waals surface area contributed by atoms with Crippen molar-refractivity contribution in [1.82, 2.24) is 4.98 Å². The number of nitrogens with one attached hydrogen (secondary N) is 1. The highest BCUT2D eigenvalue weighted by molar-refractivity contribution is 6.31. The molecule has 2 atom stereocenters. The van der Waals surface area contributed by atoms with Gasteiger partial charge < -0.3 is 14.5 Å². The van der Waals surface area contributed by atoms with E-state index in [4.69, 9.17) is 21.1 Å². The van der Waals surface area contributed by atoms with Crippen LogP contribution in [0.1, 0.15) is 40.6 Å². The number of hydrogen-bond acceptors (Lipinski definition) is 4. The summed E-state index contributed by atoms with van der Waals surface area (Å²) in [6.07, 6.45) is -1.01. The predicted octanol–water partition coefficient (Wildman–Crippen LogP) is 5.49. The molecule has 144 valence electrons. The Bertz CT molecular complexity index is 1290. The van der Waals surface area contributed by atoms with Crippen LogP contribution in [0.2, 0.25) is 5.02 Å². The molecule has 1 aliphatic rings. The predicted molar refractivity (Wildman–Crippen MR) is 110 cm³/mol. The molecule has 2 heterocycles. The van der Waals surface area contributed by atoms with Crippen LogP contribution in [0.3, 0.4) is 0 Å². The molecule has 0 aliphatic carbocycles. The van der Waals surface area contributed by atoms with Gasteiger partial charge in [-0.05, 0) is 42.8 Å². The Morgan fingerprint density at radius 2 is 1.90 bits per heavy atom. The summed E-state index contributed by atoms with van der Waals surface area (Å²) in [6.45, 7) is 1.77. The van der Waals surface area contributed by atoms with Crippen LogP contribution in [0.25, 0.3) is 21.8 Å². The Hall–Kier alpha value is -3.31. The SMILES string of the molecule is CC(C(=O)OC1OC(=O)c2ccccc21)c1ccc2c(c1)[nH]c1ccc(Cl)cc12. The van der Waals surface area contributed by atoms with Crippen LogP contribution in [0, 0.1) is 0 Å². The fraction of sp³-hybridized carbons (Fsp3) is 0.130. The van der Waals surface area contributed by atoms with E-state index in [1.54, 1.807) is 31.2 Å². The van der Waals surface area contributed by atoms with E-state index >= 15 is 0 Å². The Labute approximate surface area is 171 Å². The molecule has 0 amide bonds. The van der Waals surface area contributed by atoms with Gasteiger partial charge in [-0.25, -0.2) is 4.79 Å². The first-order valence-corrected chi connectivity index (χ1v) is 9.60. The number of aromatic amines is 1. The van der Waals surface area contributed by atoms with Crippen molar-refractivity contribution >= 4 is 45.3 Å². The maximum absolute atomic E-state index is 12.7. The van der Waals surface area contributed by atoms with Crippen LogP contribution in [-0.4, -0.2) is 16.9 Å². The first-order valence-electron chi connectivity index (χ1n) is 9.22. The fourth-order valence-corrected chi connectivity index (χ4v) is 3.88. The molecule has 3 aromatic carbocycles. The molecule has 5 rings (SSSR count). The number of benzene rings is 3. The summed E-state index contributed by atoms with van der Waals surface area (Å²) in [6, 6.07) is 18.4. The van der Waals surface area contributed by atoms with Gasteiger partial charge in [0.1, 0.15) is 0 Å². The third-order valence-electron chi connectivity index (χ3n) is 5.31. The largest absolute Gasteiger partial charge is 0.420 e. The molecular weight excluding hydrogens is 390 g/mol. The molecule has 4 aromatic rings. The lowest BCUT2D eigenvalue weighted by molar-refractivity contribution is -0.169. The molecule has 1 aromatic heterocycles. The molecule has 1 aliphatic heterocycles. The molecule has 29 heavy (non-hydrogen) atoms. The van der Waals surface area contributed by atoms with E-state index in [0.717, 1.165) is 27.4 Å². The quantitative estimate of drug-likeness (QED) is 0.457. The van der Waals surface area contributed by atoms with Crippen LogP contribution in [0.5, 0.6) is 0 Å². The number of carbonyl (C=O) groups excluding carboxylic acids is 2. The van der Waals surface area contributed by atoms with E-state index in [1.165, 1.54) is 0 Å². The molecule has 0 radical (unpaired) electrons. The van der Waals surface area contributed by atoms with Gasteiger partial charge in [0.05, 0.1) is 11.5 Å². The van der Waals surface area contributed by atoms with Crippen LogP contribution >= 0.6 is 11.6 Å². The molecule has 0 fully saturated rings. The van der Waals surface area contributed by atoms with Crippen molar-refractivity contribution in [3.63, 3.8) is 0 Å². The van der Waals surface area contributed by atoms with Crippen LogP contribution in [0.4, 0.5) is 0 Å². The number of H-pyrrole nitrogens is 1. The van der Waals surface area contributed by atoms with Crippen molar-refractivity contribution in [2.45, 2.75) is 19.1 Å². The second kappa shape index (κ2) is 6.64. The molecular formula is C23H16ClNO4. The molecule has 0 saturated heterocycles. The van der Waals surface area contributed by atoms with Crippen molar-refractivity contribution in [2.75, 3.05) is 0 Å². The van der Waals surface area contributed by atoms with Gasteiger partial charge in [0.15, 0.2) is 0 Å². The minimum atomic E-state index is -1.01. The number of rotatable bonds is 3. The topological polar surface area (TPSA) is 68.4 Å². The number of hydrogen-bond donors (Lipinski definition) is 1. The number of carbonyl (C=O) groups is 2. The van der Waals surface area contributed by atoms with Gasteiger partial charge in [-0.3, -0.25) is 4.79 Å². The third kappa shape index (κ3) is 2.95. The summed E-state index contributed by atoms with van der Waals surface area (Å²) < 4.78 is 10.7. The summed E-state index contributed by atoms with van der Waals surface area (Å²) in [4.78, 5) is 28.0. The summed E-state index contributed by atoms with van der Waals surface area (Å²) in [5.74, 6) is -1.47.